The normalized spacial score (nSPS) is 33.8. The van der Waals surface area contributed by atoms with Crippen LogP contribution >= 0.6 is 0 Å². The summed E-state index contributed by atoms with van der Waals surface area (Å²) in [6.07, 6.45) is 12.9. The summed E-state index contributed by atoms with van der Waals surface area (Å²) in [5, 5.41) is 8.97. The fourth-order valence-corrected chi connectivity index (χ4v) is 5.52. The molecule has 0 N–H and O–H groups in total. The lowest BCUT2D eigenvalue weighted by atomic mass is 9.65. The van der Waals surface area contributed by atoms with Gasteiger partial charge in [-0.3, -0.25) is 0 Å². The van der Waals surface area contributed by atoms with Crippen LogP contribution in [0.15, 0.2) is 24.3 Å². The van der Waals surface area contributed by atoms with E-state index in [1.54, 1.807) is 0 Å². The Morgan fingerprint density at radius 3 is 2.21 bits per heavy atom. The Kier molecular flexibility index (Phi) is 5.99. The van der Waals surface area contributed by atoms with E-state index >= 15 is 0 Å². The predicted molar refractivity (Wildman–Crippen MR) is 101 cm³/mol. The van der Waals surface area contributed by atoms with Crippen molar-refractivity contribution in [3.63, 3.8) is 0 Å². The molecule has 1 nitrogen and oxygen atoms in total. The maximum absolute atomic E-state index is 8.97. The molecule has 0 heterocycles. The molecular formula is C23H33N. The smallest absolute Gasteiger partial charge is 0.0991 e. The monoisotopic (exact) mass is 323 g/mol. The lowest BCUT2D eigenvalue weighted by Crippen LogP contribution is -2.29. The molecule has 0 bridgehead atoms. The molecule has 3 atom stereocenters. The van der Waals surface area contributed by atoms with Crippen LogP contribution in [-0.4, -0.2) is 0 Å². The number of rotatable bonds is 4. The minimum atomic E-state index is 0.699. The maximum Gasteiger partial charge on any atom is 0.0991 e. The van der Waals surface area contributed by atoms with Gasteiger partial charge >= 0.3 is 0 Å². The second-order valence-corrected chi connectivity index (χ2v) is 8.46. The second kappa shape index (κ2) is 8.19. The first kappa shape index (κ1) is 17.5. The van der Waals surface area contributed by atoms with Crippen LogP contribution < -0.4 is 0 Å². The van der Waals surface area contributed by atoms with Crippen molar-refractivity contribution < 1.29 is 0 Å². The van der Waals surface area contributed by atoms with Crippen LogP contribution in [0.4, 0.5) is 0 Å². The zero-order valence-electron chi connectivity index (χ0n) is 15.5. The van der Waals surface area contributed by atoms with Gasteiger partial charge in [-0.15, -0.1) is 0 Å². The first-order chi connectivity index (χ1) is 11.7. The highest BCUT2D eigenvalue weighted by atomic mass is 14.4. The minimum Gasteiger partial charge on any atom is -0.192 e. The molecule has 3 rings (SSSR count). The highest BCUT2D eigenvalue weighted by molar-refractivity contribution is 5.33. The molecule has 0 aliphatic heterocycles. The SMILES string of the molecule is CCCC1CCC(C2CCC(c3ccc(C#N)cc3)C(C)C2)CC1. The van der Waals surface area contributed by atoms with Gasteiger partial charge in [0.05, 0.1) is 11.6 Å². The second-order valence-electron chi connectivity index (χ2n) is 8.46. The first-order valence-corrected chi connectivity index (χ1v) is 10.2. The van der Waals surface area contributed by atoms with Crippen molar-refractivity contribution in [3.05, 3.63) is 35.4 Å². The molecule has 0 saturated heterocycles. The van der Waals surface area contributed by atoms with Gasteiger partial charge in [0.1, 0.15) is 0 Å². The summed E-state index contributed by atoms with van der Waals surface area (Å²) in [6, 6.07) is 10.6. The number of benzene rings is 1. The van der Waals surface area contributed by atoms with E-state index in [1.807, 2.05) is 12.1 Å². The molecule has 1 heteroatoms. The van der Waals surface area contributed by atoms with Crippen molar-refractivity contribution in [3.8, 4) is 6.07 Å². The van der Waals surface area contributed by atoms with Gasteiger partial charge in [-0.05, 0) is 79.4 Å². The molecule has 1 aromatic carbocycles. The topological polar surface area (TPSA) is 23.8 Å². The Morgan fingerprint density at radius 1 is 0.958 bits per heavy atom. The Morgan fingerprint density at radius 2 is 1.62 bits per heavy atom. The molecule has 2 aliphatic rings. The molecule has 0 aromatic heterocycles. The summed E-state index contributed by atoms with van der Waals surface area (Å²) in [5.41, 5.74) is 2.23. The Balaban J connectivity index is 1.54. The van der Waals surface area contributed by atoms with Gasteiger partial charge in [-0.25, -0.2) is 0 Å². The van der Waals surface area contributed by atoms with Crippen LogP contribution in [0.5, 0.6) is 0 Å². The summed E-state index contributed by atoms with van der Waals surface area (Å²) in [6.45, 7) is 4.79. The van der Waals surface area contributed by atoms with Gasteiger partial charge in [0.25, 0.3) is 0 Å². The molecule has 2 aliphatic carbocycles. The third-order valence-corrected chi connectivity index (χ3v) is 6.93. The lowest BCUT2D eigenvalue weighted by molar-refractivity contribution is 0.130. The summed E-state index contributed by atoms with van der Waals surface area (Å²) < 4.78 is 0. The van der Waals surface area contributed by atoms with Crippen molar-refractivity contribution in [2.24, 2.45) is 23.7 Å². The van der Waals surface area contributed by atoms with E-state index in [0.717, 1.165) is 29.2 Å². The van der Waals surface area contributed by atoms with Gasteiger partial charge in [0, 0.05) is 0 Å². The standard InChI is InChI=1S/C23H33N/c1-3-4-18-5-9-20(10-6-18)22-13-14-23(17(2)15-22)21-11-7-19(16-24)8-12-21/h7-8,11-12,17-18,20,22-23H,3-6,9-10,13-15H2,1-2H3. The molecule has 24 heavy (non-hydrogen) atoms. The molecule has 3 unspecified atom stereocenters. The van der Waals surface area contributed by atoms with Crippen LogP contribution in [0.3, 0.4) is 0 Å². The molecule has 0 spiro atoms. The van der Waals surface area contributed by atoms with Crippen molar-refractivity contribution >= 4 is 0 Å². The molecule has 0 amide bonds. The van der Waals surface area contributed by atoms with E-state index in [4.69, 9.17) is 5.26 Å². The van der Waals surface area contributed by atoms with Gasteiger partial charge in [-0.1, -0.05) is 51.7 Å². The fourth-order valence-electron chi connectivity index (χ4n) is 5.52. The van der Waals surface area contributed by atoms with E-state index in [2.05, 4.69) is 32.0 Å². The van der Waals surface area contributed by atoms with E-state index < -0.39 is 0 Å². The average molecular weight is 324 g/mol. The number of hydrogen-bond donors (Lipinski definition) is 0. The fraction of sp³-hybridized carbons (Fsp3) is 0.696. The van der Waals surface area contributed by atoms with E-state index in [0.29, 0.717) is 5.92 Å². The van der Waals surface area contributed by atoms with Crippen molar-refractivity contribution in [2.45, 2.75) is 77.6 Å². The molecule has 1 aromatic rings. The van der Waals surface area contributed by atoms with Crippen molar-refractivity contribution in [1.29, 1.82) is 5.26 Å². The van der Waals surface area contributed by atoms with Gasteiger partial charge < -0.3 is 0 Å². The Bertz CT molecular complexity index is 544. The summed E-state index contributed by atoms with van der Waals surface area (Å²) in [4.78, 5) is 0. The van der Waals surface area contributed by atoms with Crippen LogP contribution in [0.2, 0.25) is 0 Å². The number of nitrogens with zero attached hydrogens (tertiary/aromatic N) is 1. The minimum absolute atomic E-state index is 0.699. The Hall–Kier alpha value is -1.29. The van der Waals surface area contributed by atoms with Crippen LogP contribution in [0, 0.1) is 35.0 Å². The third kappa shape index (κ3) is 4.02. The lowest BCUT2D eigenvalue weighted by Gasteiger charge is -2.41. The van der Waals surface area contributed by atoms with Crippen molar-refractivity contribution in [1.82, 2.24) is 0 Å². The third-order valence-electron chi connectivity index (χ3n) is 6.93. The maximum atomic E-state index is 8.97. The summed E-state index contributed by atoms with van der Waals surface area (Å²) in [5.74, 6) is 4.48. The number of nitriles is 1. The largest absolute Gasteiger partial charge is 0.192 e. The molecule has 2 fully saturated rings. The van der Waals surface area contributed by atoms with Crippen molar-refractivity contribution in [2.75, 3.05) is 0 Å². The zero-order valence-corrected chi connectivity index (χ0v) is 15.5. The quantitative estimate of drug-likeness (QED) is 0.606. The van der Waals surface area contributed by atoms with Crippen LogP contribution in [0.25, 0.3) is 0 Å². The Labute approximate surface area is 148 Å². The molecule has 0 radical (unpaired) electrons. The van der Waals surface area contributed by atoms with E-state index in [1.165, 1.54) is 63.4 Å². The van der Waals surface area contributed by atoms with E-state index in [-0.39, 0.29) is 0 Å². The summed E-state index contributed by atoms with van der Waals surface area (Å²) >= 11 is 0. The predicted octanol–water partition coefficient (Wildman–Crippen LogP) is 6.68. The first-order valence-electron chi connectivity index (χ1n) is 10.2. The zero-order chi connectivity index (χ0) is 16.9. The molecular weight excluding hydrogens is 290 g/mol. The van der Waals surface area contributed by atoms with Crippen LogP contribution in [0.1, 0.15) is 88.7 Å². The molecule has 2 saturated carbocycles. The van der Waals surface area contributed by atoms with Gasteiger partial charge in [0.15, 0.2) is 0 Å². The molecule has 130 valence electrons. The van der Waals surface area contributed by atoms with Gasteiger partial charge in [0.2, 0.25) is 0 Å². The average Bonchev–Trinajstić information content (AvgIpc) is 2.63. The highest BCUT2D eigenvalue weighted by Gasteiger charge is 2.34. The van der Waals surface area contributed by atoms with Gasteiger partial charge in [-0.2, -0.15) is 5.26 Å². The van der Waals surface area contributed by atoms with Crippen LogP contribution in [-0.2, 0) is 0 Å². The highest BCUT2D eigenvalue weighted by Crippen LogP contribution is 2.46. The summed E-state index contributed by atoms with van der Waals surface area (Å²) in [7, 11) is 0. The van der Waals surface area contributed by atoms with E-state index in [9.17, 15) is 0 Å². The number of hydrogen-bond acceptors (Lipinski definition) is 1.